The van der Waals surface area contributed by atoms with E-state index in [2.05, 4.69) is 18.7 Å². The molecule has 2 nitrogen and oxygen atoms in total. The van der Waals surface area contributed by atoms with Gasteiger partial charge in [0.15, 0.2) is 0 Å². The van der Waals surface area contributed by atoms with Crippen molar-refractivity contribution in [3.63, 3.8) is 0 Å². The number of hydrogen-bond acceptors (Lipinski definition) is 2. The summed E-state index contributed by atoms with van der Waals surface area (Å²) >= 11 is 0. The molecule has 1 N–H and O–H groups in total. The summed E-state index contributed by atoms with van der Waals surface area (Å²) < 4.78 is 0. The molecule has 0 bridgehead atoms. The smallest absolute Gasteiger partial charge is 0.0794 e. The second-order valence-corrected chi connectivity index (χ2v) is 3.08. The van der Waals surface area contributed by atoms with Crippen molar-refractivity contribution in [1.29, 1.82) is 0 Å². The van der Waals surface area contributed by atoms with Gasteiger partial charge in [-0.2, -0.15) is 0 Å². The van der Waals surface area contributed by atoms with Crippen molar-refractivity contribution in [2.75, 3.05) is 13.1 Å². The van der Waals surface area contributed by atoms with Crippen LogP contribution in [-0.4, -0.2) is 35.2 Å². The normalized spacial score (nSPS) is 21.6. The monoisotopic (exact) mass is 143 g/mol. The van der Waals surface area contributed by atoms with Gasteiger partial charge in [0.25, 0.3) is 0 Å². The Morgan fingerprint density at radius 2 is 1.90 bits per heavy atom. The van der Waals surface area contributed by atoms with E-state index in [1.54, 1.807) is 0 Å². The van der Waals surface area contributed by atoms with E-state index < -0.39 is 0 Å². The van der Waals surface area contributed by atoms with Crippen LogP contribution >= 0.6 is 0 Å². The summed E-state index contributed by atoms with van der Waals surface area (Å²) in [6.07, 6.45) is 2.38. The van der Waals surface area contributed by atoms with E-state index in [0.717, 1.165) is 13.1 Å². The minimum absolute atomic E-state index is 0.0411. The van der Waals surface area contributed by atoms with Gasteiger partial charge in [-0.1, -0.05) is 13.8 Å². The Labute approximate surface area is 62.8 Å². The summed E-state index contributed by atoms with van der Waals surface area (Å²) in [7, 11) is 0. The lowest BCUT2D eigenvalue weighted by atomic mass is 10.0. The minimum atomic E-state index is -0.0411. The first-order chi connectivity index (χ1) is 4.77. The molecule has 0 spiro atoms. The molecule has 0 aromatic carbocycles. The Kier molecular flexibility index (Phi) is 2.69. The third-order valence-electron chi connectivity index (χ3n) is 2.35. The number of likely N-dealkylation sites (tertiary alicyclic amines) is 1. The van der Waals surface area contributed by atoms with Crippen molar-refractivity contribution in [2.45, 2.75) is 38.8 Å². The first kappa shape index (κ1) is 8.02. The van der Waals surface area contributed by atoms with Crippen LogP contribution in [0.25, 0.3) is 0 Å². The van der Waals surface area contributed by atoms with E-state index in [1.165, 1.54) is 12.8 Å². The molecule has 0 unspecified atom stereocenters. The van der Waals surface area contributed by atoms with Crippen LogP contribution < -0.4 is 0 Å². The third-order valence-corrected chi connectivity index (χ3v) is 2.35. The Balaban J connectivity index is 2.21. The molecule has 0 aromatic rings. The van der Waals surface area contributed by atoms with Crippen LogP contribution in [0.3, 0.4) is 0 Å². The quantitative estimate of drug-likeness (QED) is 0.633. The molecule has 0 radical (unpaired) electrons. The summed E-state index contributed by atoms with van der Waals surface area (Å²) in [5.41, 5.74) is 0. The van der Waals surface area contributed by atoms with Crippen LogP contribution in [0.1, 0.15) is 26.7 Å². The van der Waals surface area contributed by atoms with Gasteiger partial charge in [0.2, 0.25) is 0 Å². The Hall–Kier alpha value is -0.0800. The number of nitrogens with zero attached hydrogens (tertiary/aromatic N) is 1. The first-order valence-corrected chi connectivity index (χ1v) is 4.20. The van der Waals surface area contributed by atoms with E-state index in [1.807, 2.05) is 0 Å². The zero-order valence-electron chi connectivity index (χ0n) is 6.88. The van der Waals surface area contributed by atoms with Gasteiger partial charge in [-0.3, -0.25) is 4.90 Å². The Morgan fingerprint density at radius 1 is 1.40 bits per heavy atom. The summed E-state index contributed by atoms with van der Waals surface area (Å²) in [5, 5.41) is 9.02. The maximum atomic E-state index is 9.02. The fourth-order valence-corrected chi connectivity index (χ4v) is 1.59. The van der Waals surface area contributed by atoms with Crippen LogP contribution in [0.15, 0.2) is 0 Å². The van der Waals surface area contributed by atoms with Crippen molar-refractivity contribution in [2.24, 2.45) is 0 Å². The molecule has 1 heterocycles. The number of aliphatic hydroxyl groups excluding tert-OH is 1. The van der Waals surface area contributed by atoms with Crippen molar-refractivity contribution in [3.8, 4) is 0 Å². The summed E-state index contributed by atoms with van der Waals surface area (Å²) in [6.45, 7) is 6.20. The highest BCUT2D eigenvalue weighted by Gasteiger charge is 2.28. The highest BCUT2D eigenvalue weighted by atomic mass is 16.3. The maximum Gasteiger partial charge on any atom is 0.0794 e. The van der Waals surface area contributed by atoms with E-state index in [4.69, 9.17) is 5.11 Å². The molecule has 0 saturated carbocycles. The lowest BCUT2D eigenvalue weighted by Crippen LogP contribution is -2.54. The van der Waals surface area contributed by atoms with Crippen molar-refractivity contribution in [3.05, 3.63) is 0 Å². The molecule has 1 aliphatic heterocycles. The van der Waals surface area contributed by atoms with Gasteiger partial charge >= 0.3 is 0 Å². The van der Waals surface area contributed by atoms with Crippen molar-refractivity contribution in [1.82, 2.24) is 4.90 Å². The van der Waals surface area contributed by atoms with Crippen LogP contribution in [0.2, 0.25) is 0 Å². The van der Waals surface area contributed by atoms with Crippen LogP contribution in [0.4, 0.5) is 0 Å². The minimum Gasteiger partial charge on any atom is -0.390 e. The highest BCUT2D eigenvalue weighted by Crippen LogP contribution is 2.16. The lowest BCUT2D eigenvalue weighted by molar-refractivity contribution is -0.0263. The topological polar surface area (TPSA) is 23.5 Å². The van der Waals surface area contributed by atoms with Crippen molar-refractivity contribution < 1.29 is 5.11 Å². The van der Waals surface area contributed by atoms with Gasteiger partial charge in [-0.25, -0.2) is 0 Å². The predicted octanol–water partition coefficient (Wildman–Crippen LogP) is 0.851. The fourth-order valence-electron chi connectivity index (χ4n) is 1.59. The standard InChI is InChI=1S/C8H17NO/c1-3-7(4-2)9-5-8(10)6-9/h7-8,10H,3-6H2,1-2H3. The molecule has 0 aromatic heterocycles. The molecule has 0 atom stereocenters. The number of hydrogen-bond donors (Lipinski definition) is 1. The maximum absolute atomic E-state index is 9.02. The lowest BCUT2D eigenvalue weighted by Gasteiger charge is -2.41. The zero-order valence-corrected chi connectivity index (χ0v) is 6.88. The molecule has 0 amide bonds. The largest absolute Gasteiger partial charge is 0.390 e. The molecule has 0 aliphatic carbocycles. The van der Waals surface area contributed by atoms with E-state index in [0.29, 0.717) is 6.04 Å². The van der Waals surface area contributed by atoms with Gasteiger partial charge in [0.05, 0.1) is 6.10 Å². The zero-order chi connectivity index (χ0) is 7.56. The van der Waals surface area contributed by atoms with E-state index >= 15 is 0 Å². The predicted molar refractivity (Wildman–Crippen MR) is 41.9 cm³/mol. The summed E-state index contributed by atoms with van der Waals surface area (Å²) in [5.74, 6) is 0. The average Bonchev–Trinajstić information content (AvgIpc) is 1.87. The van der Waals surface area contributed by atoms with Crippen molar-refractivity contribution >= 4 is 0 Å². The molecule has 1 aliphatic rings. The average molecular weight is 143 g/mol. The Morgan fingerprint density at radius 3 is 2.20 bits per heavy atom. The summed E-state index contributed by atoms with van der Waals surface area (Å²) in [6, 6.07) is 0.711. The van der Waals surface area contributed by atoms with Crippen LogP contribution in [-0.2, 0) is 0 Å². The second-order valence-electron chi connectivity index (χ2n) is 3.08. The number of aliphatic hydroxyl groups is 1. The molecule has 10 heavy (non-hydrogen) atoms. The van der Waals surface area contributed by atoms with Gasteiger partial charge in [0, 0.05) is 19.1 Å². The van der Waals surface area contributed by atoms with Crippen LogP contribution in [0.5, 0.6) is 0 Å². The fraction of sp³-hybridized carbons (Fsp3) is 1.00. The van der Waals surface area contributed by atoms with Gasteiger partial charge < -0.3 is 5.11 Å². The van der Waals surface area contributed by atoms with Gasteiger partial charge in [-0.15, -0.1) is 0 Å². The molecule has 2 heteroatoms. The molecular formula is C8H17NO. The third kappa shape index (κ3) is 1.50. The molecule has 1 fully saturated rings. The highest BCUT2D eigenvalue weighted by molar-refractivity contribution is 4.83. The Bertz CT molecular complexity index is 95.4. The molecular weight excluding hydrogens is 126 g/mol. The molecule has 1 saturated heterocycles. The first-order valence-electron chi connectivity index (χ1n) is 4.20. The van der Waals surface area contributed by atoms with Crippen LogP contribution in [0, 0.1) is 0 Å². The number of β-amino-alcohol motifs (C(OH)–C–C–N with tert-alkyl or cyclic N) is 1. The SMILES string of the molecule is CCC(CC)N1CC(O)C1. The van der Waals surface area contributed by atoms with Gasteiger partial charge in [-0.05, 0) is 12.8 Å². The summed E-state index contributed by atoms with van der Waals surface area (Å²) in [4.78, 5) is 2.35. The molecule has 60 valence electrons. The number of rotatable bonds is 3. The molecule has 1 rings (SSSR count). The van der Waals surface area contributed by atoms with E-state index in [9.17, 15) is 0 Å². The van der Waals surface area contributed by atoms with Gasteiger partial charge in [0.1, 0.15) is 0 Å². The van der Waals surface area contributed by atoms with E-state index in [-0.39, 0.29) is 6.10 Å². The second kappa shape index (κ2) is 3.35.